The summed E-state index contributed by atoms with van der Waals surface area (Å²) < 4.78 is 4.80. The van der Waals surface area contributed by atoms with Crippen molar-refractivity contribution in [2.45, 2.75) is 6.92 Å². The first kappa shape index (κ1) is 15.4. The average Bonchev–Trinajstić information content (AvgIpc) is 2.55. The lowest BCUT2D eigenvalue weighted by Gasteiger charge is -2.05. The monoisotopic (exact) mass is 296 g/mol. The molecule has 0 aliphatic heterocycles. The Kier molecular flexibility index (Phi) is 5.43. The molecule has 5 nitrogen and oxygen atoms in total. The molecule has 0 aliphatic rings. The molecule has 0 atom stereocenters. The van der Waals surface area contributed by atoms with Crippen LogP contribution in [0.15, 0.2) is 54.9 Å². The summed E-state index contributed by atoms with van der Waals surface area (Å²) in [4.78, 5) is 27.1. The standard InChI is InChI=1S/C17H16N2O3/c1-2-22-16(20)10-7-13-5-8-15(9-6-13)19-17(21)14-4-3-11-18-12-14/h3-12H,2H2,1H3,(H,19,21). The largest absolute Gasteiger partial charge is 0.463 e. The van der Waals surface area contributed by atoms with E-state index in [1.54, 1.807) is 55.6 Å². The van der Waals surface area contributed by atoms with E-state index in [2.05, 4.69) is 10.3 Å². The first-order valence-electron chi connectivity index (χ1n) is 6.85. The fourth-order valence-electron chi connectivity index (χ4n) is 1.73. The third kappa shape index (κ3) is 4.56. The van der Waals surface area contributed by atoms with E-state index in [-0.39, 0.29) is 11.9 Å². The van der Waals surface area contributed by atoms with Crippen molar-refractivity contribution in [3.63, 3.8) is 0 Å². The zero-order valence-corrected chi connectivity index (χ0v) is 12.2. The number of nitrogens with one attached hydrogen (secondary N) is 1. The van der Waals surface area contributed by atoms with Crippen LogP contribution >= 0.6 is 0 Å². The highest BCUT2D eigenvalue weighted by Gasteiger charge is 2.05. The maximum atomic E-state index is 12.0. The molecule has 0 saturated carbocycles. The maximum Gasteiger partial charge on any atom is 0.330 e. The number of esters is 1. The molecule has 5 heteroatoms. The second kappa shape index (κ2) is 7.73. The van der Waals surface area contributed by atoms with Crippen molar-refractivity contribution < 1.29 is 14.3 Å². The van der Waals surface area contributed by atoms with Gasteiger partial charge in [-0.2, -0.15) is 0 Å². The van der Waals surface area contributed by atoms with Crippen LogP contribution < -0.4 is 5.32 Å². The van der Waals surface area contributed by atoms with Gasteiger partial charge in [-0.05, 0) is 42.8 Å². The Bertz CT molecular complexity index is 664. The van der Waals surface area contributed by atoms with Gasteiger partial charge in [0.15, 0.2) is 0 Å². The van der Waals surface area contributed by atoms with Crippen LogP contribution in [0.5, 0.6) is 0 Å². The van der Waals surface area contributed by atoms with Crippen LogP contribution in [-0.2, 0) is 9.53 Å². The molecular weight excluding hydrogens is 280 g/mol. The quantitative estimate of drug-likeness (QED) is 0.680. The van der Waals surface area contributed by atoms with Crippen molar-refractivity contribution in [2.24, 2.45) is 0 Å². The van der Waals surface area contributed by atoms with E-state index in [0.29, 0.717) is 17.9 Å². The van der Waals surface area contributed by atoms with Gasteiger partial charge in [0.05, 0.1) is 12.2 Å². The summed E-state index contributed by atoms with van der Waals surface area (Å²) in [6, 6.07) is 10.5. The molecule has 1 amide bonds. The molecule has 0 saturated heterocycles. The lowest BCUT2D eigenvalue weighted by molar-refractivity contribution is -0.137. The first-order valence-corrected chi connectivity index (χ1v) is 6.85. The Morgan fingerprint density at radius 2 is 2.00 bits per heavy atom. The summed E-state index contributed by atoms with van der Waals surface area (Å²) in [6.45, 7) is 2.11. The molecule has 1 N–H and O–H groups in total. The van der Waals surface area contributed by atoms with Gasteiger partial charge in [0, 0.05) is 24.2 Å². The SMILES string of the molecule is CCOC(=O)C=Cc1ccc(NC(=O)c2cccnc2)cc1. The zero-order chi connectivity index (χ0) is 15.8. The topological polar surface area (TPSA) is 68.3 Å². The van der Waals surface area contributed by atoms with Gasteiger partial charge < -0.3 is 10.1 Å². The van der Waals surface area contributed by atoms with Crippen molar-refractivity contribution in [3.05, 3.63) is 66.0 Å². The van der Waals surface area contributed by atoms with Crippen LogP contribution in [0, 0.1) is 0 Å². The molecule has 0 bridgehead atoms. The van der Waals surface area contributed by atoms with Crippen LogP contribution in [-0.4, -0.2) is 23.5 Å². The van der Waals surface area contributed by atoms with Gasteiger partial charge in [-0.3, -0.25) is 9.78 Å². The van der Waals surface area contributed by atoms with Crippen molar-refractivity contribution in [3.8, 4) is 0 Å². The predicted octanol–water partition coefficient (Wildman–Crippen LogP) is 2.91. The molecule has 0 fully saturated rings. The van der Waals surface area contributed by atoms with Crippen LogP contribution in [0.4, 0.5) is 5.69 Å². The summed E-state index contributed by atoms with van der Waals surface area (Å²) in [5.74, 6) is -0.598. The molecule has 2 aromatic rings. The number of carbonyl (C=O) groups is 2. The molecule has 0 aliphatic carbocycles. The van der Waals surface area contributed by atoms with Crippen molar-refractivity contribution in [2.75, 3.05) is 11.9 Å². The predicted molar refractivity (Wildman–Crippen MR) is 84.3 cm³/mol. The Balaban J connectivity index is 1.97. The number of hydrogen-bond donors (Lipinski definition) is 1. The average molecular weight is 296 g/mol. The number of ether oxygens (including phenoxy) is 1. The first-order chi connectivity index (χ1) is 10.7. The number of amides is 1. The van der Waals surface area contributed by atoms with E-state index in [9.17, 15) is 9.59 Å². The van der Waals surface area contributed by atoms with E-state index >= 15 is 0 Å². The van der Waals surface area contributed by atoms with Gasteiger partial charge in [0.2, 0.25) is 0 Å². The normalized spacial score (nSPS) is 10.4. The van der Waals surface area contributed by atoms with Crippen LogP contribution in [0.25, 0.3) is 6.08 Å². The number of carbonyl (C=O) groups excluding carboxylic acids is 2. The van der Waals surface area contributed by atoms with Gasteiger partial charge >= 0.3 is 5.97 Å². The third-order valence-corrected chi connectivity index (χ3v) is 2.79. The lowest BCUT2D eigenvalue weighted by atomic mass is 10.2. The molecule has 112 valence electrons. The van der Waals surface area contributed by atoms with Gasteiger partial charge in [-0.25, -0.2) is 4.79 Å². The maximum absolute atomic E-state index is 12.0. The molecule has 1 aromatic heterocycles. The molecular formula is C17H16N2O3. The Hall–Kier alpha value is -2.95. The smallest absolute Gasteiger partial charge is 0.330 e. The number of hydrogen-bond acceptors (Lipinski definition) is 4. The van der Waals surface area contributed by atoms with E-state index in [0.717, 1.165) is 5.56 Å². The Morgan fingerprint density at radius 3 is 2.64 bits per heavy atom. The Morgan fingerprint density at radius 1 is 1.23 bits per heavy atom. The second-order valence-electron chi connectivity index (χ2n) is 4.40. The van der Waals surface area contributed by atoms with E-state index < -0.39 is 0 Å². The van der Waals surface area contributed by atoms with Gasteiger partial charge in [0.25, 0.3) is 5.91 Å². The minimum Gasteiger partial charge on any atom is -0.463 e. The summed E-state index contributed by atoms with van der Waals surface area (Å²) in [7, 11) is 0. The summed E-state index contributed by atoms with van der Waals surface area (Å²) in [5, 5.41) is 2.78. The molecule has 0 unspecified atom stereocenters. The summed E-state index contributed by atoms with van der Waals surface area (Å²) >= 11 is 0. The fraction of sp³-hybridized carbons (Fsp3) is 0.118. The number of benzene rings is 1. The van der Waals surface area contributed by atoms with E-state index in [4.69, 9.17) is 4.74 Å². The van der Waals surface area contributed by atoms with Crippen LogP contribution in [0.2, 0.25) is 0 Å². The van der Waals surface area contributed by atoms with E-state index in [1.165, 1.54) is 12.3 Å². The van der Waals surface area contributed by atoms with E-state index in [1.807, 2.05) is 0 Å². The highest BCUT2D eigenvalue weighted by Crippen LogP contribution is 2.12. The molecule has 0 spiro atoms. The molecule has 2 rings (SSSR count). The number of pyridine rings is 1. The highest BCUT2D eigenvalue weighted by atomic mass is 16.5. The van der Waals surface area contributed by atoms with Gasteiger partial charge in [-0.1, -0.05) is 12.1 Å². The van der Waals surface area contributed by atoms with Crippen LogP contribution in [0.3, 0.4) is 0 Å². The van der Waals surface area contributed by atoms with Gasteiger partial charge in [-0.15, -0.1) is 0 Å². The molecule has 1 aromatic carbocycles. The molecule has 0 radical (unpaired) electrons. The summed E-state index contributed by atoms with van der Waals surface area (Å²) in [5.41, 5.74) is 2.00. The number of nitrogens with zero attached hydrogens (tertiary/aromatic N) is 1. The Labute approximate surface area is 128 Å². The second-order valence-corrected chi connectivity index (χ2v) is 4.40. The minimum absolute atomic E-state index is 0.220. The molecule has 1 heterocycles. The fourth-order valence-corrected chi connectivity index (χ4v) is 1.73. The van der Waals surface area contributed by atoms with Gasteiger partial charge in [0.1, 0.15) is 0 Å². The zero-order valence-electron chi connectivity index (χ0n) is 12.2. The lowest BCUT2D eigenvalue weighted by Crippen LogP contribution is -2.11. The van der Waals surface area contributed by atoms with Crippen molar-refractivity contribution in [1.82, 2.24) is 4.98 Å². The minimum atomic E-state index is -0.378. The number of rotatable bonds is 5. The van der Waals surface area contributed by atoms with Crippen LogP contribution in [0.1, 0.15) is 22.8 Å². The number of aromatic nitrogens is 1. The third-order valence-electron chi connectivity index (χ3n) is 2.79. The number of anilines is 1. The molecule has 22 heavy (non-hydrogen) atoms. The van der Waals surface area contributed by atoms with Crippen molar-refractivity contribution >= 4 is 23.6 Å². The summed E-state index contributed by atoms with van der Waals surface area (Å²) in [6.07, 6.45) is 6.14. The highest BCUT2D eigenvalue weighted by molar-refractivity contribution is 6.04. The van der Waals surface area contributed by atoms with Crippen molar-refractivity contribution in [1.29, 1.82) is 0 Å².